The molecule has 2 aliphatic heterocycles. The van der Waals surface area contributed by atoms with Crippen LogP contribution in [0, 0.1) is 0 Å². The molecule has 1 N–H and O–H groups in total. The molecule has 2 aliphatic rings. The first-order valence-electron chi connectivity index (χ1n) is 13.1. The van der Waals surface area contributed by atoms with Gasteiger partial charge in [0, 0.05) is 52.5 Å². The SMILES string of the molecule is CN(C)CCN(C)C(=O)N1CCN(c2cc(S(=O)(=O)NC3(C)COC3)cn3c(-c4nnc(C(F)(F)F)s4)ncc23)CC1. The predicted octanol–water partition coefficient (Wildman–Crippen LogP) is 1.67. The van der Waals surface area contributed by atoms with E-state index in [0.717, 1.165) is 6.54 Å². The number of pyridine rings is 1. The number of carbonyl (C=O) groups excluding carboxylic acids is 1. The average molecular weight is 632 g/mol. The molecular formula is C24H32F3N9O4S2. The standard InChI is InChI=1S/C24H32F3N9O4S2/c1-23(14-40-15-23)31-42(38,39)16-11-17(34-7-9-35(10-8-34)22(37)33(4)6-5-32(2)3)18-12-28-19(36(18)13-16)20-29-30-21(41-20)24(25,26)27/h11-13,31H,5-10,14-15H2,1-4H3. The van der Waals surface area contributed by atoms with E-state index in [-0.39, 0.29) is 35.0 Å². The van der Waals surface area contributed by atoms with Gasteiger partial charge in [-0.1, -0.05) is 11.3 Å². The Labute approximate surface area is 244 Å². The fourth-order valence-electron chi connectivity index (χ4n) is 4.72. The van der Waals surface area contributed by atoms with E-state index >= 15 is 0 Å². The average Bonchev–Trinajstić information content (AvgIpc) is 3.57. The molecule has 0 spiro atoms. The number of hydrogen-bond donors (Lipinski definition) is 1. The minimum Gasteiger partial charge on any atom is -0.377 e. The van der Waals surface area contributed by atoms with Crippen LogP contribution in [0.1, 0.15) is 11.9 Å². The number of anilines is 1. The Balaban J connectivity index is 1.48. The minimum absolute atomic E-state index is 0.0332. The summed E-state index contributed by atoms with van der Waals surface area (Å²) in [5.41, 5.74) is 0.214. The second-order valence-electron chi connectivity index (χ2n) is 10.9. The molecule has 230 valence electrons. The van der Waals surface area contributed by atoms with Crippen molar-refractivity contribution in [1.29, 1.82) is 0 Å². The molecular weight excluding hydrogens is 599 g/mol. The van der Waals surface area contributed by atoms with Crippen LogP contribution >= 0.6 is 11.3 Å². The van der Waals surface area contributed by atoms with E-state index in [2.05, 4.69) is 19.9 Å². The summed E-state index contributed by atoms with van der Waals surface area (Å²) in [5.74, 6) is 0.0332. The second kappa shape index (κ2) is 11.2. The number of urea groups is 1. The fourth-order valence-corrected chi connectivity index (χ4v) is 6.82. The third-order valence-electron chi connectivity index (χ3n) is 7.09. The van der Waals surface area contributed by atoms with Crippen molar-refractivity contribution in [3.8, 4) is 10.8 Å². The number of sulfonamides is 1. The quantitative estimate of drug-likeness (QED) is 0.395. The highest BCUT2D eigenvalue weighted by Gasteiger charge is 2.39. The maximum atomic E-state index is 13.5. The van der Waals surface area contributed by atoms with Crippen molar-refractivity contribution in [2.75, 3.05) is 78.5 Å². The van der Waals surface area contributed by atoms with Crippen LogP contribution in [-0.2, 0) is 20.9 Å². The molecule has 0 aliphatic carbocycles. The van der Waals surface area contributed by atoms with Crippen LogP contribution in [0.25, 0.3) is 16.3 Å². The van der Waals surface area contributed by atoms with Crippen LogP contribution in [0.3, 0.4) is 0 Å². The van der Waals surface area contributed by atoms with Crippen molar-refractivity contribution in [1.82, 2.24) is 39.0 Å². The number of piperazine rings is 1. The Morgan fingerprint density at radius 2 is 1.83 bits per heavy atom. The predicted molar refractivity (Wildman–Crippen MR) is 149 cm³/mol. The zero-order valence-corrected chi connectivity index (χ0v) is 25.2. The molecule has 42 heavy (non-hydrogen) atoms. The molecule has 0 unspecified atom stereocenters. The zero-order chi connectivity index (χ0) is 30.4. The lowest BCUT2D eigenvalue weighted by Crippen LogP contribution is -2.59. The van der Waals surface area contributed by atoms with Gasteiger partial charge < -0.3 is 24.3 Å². The van der Waals surface area contributed by atoms with E-state index in [1.807, 2.05) is 23.9 Å². The van der Waals surface area contributed by atoms with Gasteiger partial charge in [0.05, 0.1) is 36.2 Å². The molecule has 13 nitrogen and oxygen atoms in total. The van der Waals surface area contributed by atoms with Crippen LogP contribution < -0.4 is 9.62 Å². The molecule has 5 heterocycles. The molecule has 0 atom stereocenters. The second-order valence-corrected chi connectivity index (χ2v) is 13.6. The number of halogens is 3. The van der Waals surface area contributed by atoms with Crippen molar-refractivity contribution in [2.45, 2.75) is 23.5 Å². The summed E-state index contributed by atoms with van der Waals surface area (Å²) in [6.45, 7) is 5.05. The van der Waals surface area contributed by atoms with E-state index < -0.39 is 26.7 Å². The molecule has 18 heteroatoms. The van der Waals surface area contributed by atoms with Crippen molar-refractivity contribution in [3.05, 3.63) is 23.5 Å². The van der Waals surface area contributed by atoms with Gasteiger partial charge in [0.1, 0.15) is 4.90 Å². The highest BCUT2D eigenvalue weighted by molar-refractivity contribution is 7.89. The smallest absolute Gasteiger partial charge is 0.377 e. The largest absolute Gasteiger partial charge is 0.445 e. The molecule has 2 saturated heterocycles. The van der Waals surface area contributed by atoms with Gasteiger partial charge in [-0.25, -0.2) is 22.9 Å². The van der Waals surface area contributed by atoms with Crippen molar-refractivity contribution < 1.29 is 31.1 Å². The summed E-state index contributed by atoms with van der Waals surface area (Å²) < 4.78 is 76.0. The molecule has 2 amide bonds. The summed E-state index contributed by atoms with van der Waals surface area (Å²) in [6.07, 6.45) is -1.89. The summed E-state index contributed by atoms with van der Waals surface area (Å²) in [4.78, 5) is 24.5. The van der Waals surface area contributed by atoms with Crippen LogP contribution in [0.5, 0.6) is 0 Å². The van der Waals surface area contributed by atoms with Gasteiger partial charge in [0.15, 0.2) is 10.8 Å². The summed E-state index contributed by atoms with van der Waals surface area (Å²) in [6, 6.07) is 1.43. The third-order valence-corrected chi connectivity index (χ3v) is 9.66. The van der Waals surface area contributed by atoms with E-state index in [0.29, 0.717) is 55.3 Å². The normalized spacial score (nSPS) is 17.6. The van der Waals surface area contributed by atoms with Crippen molar-refractivity contribution in [2.24, 2.45) is 0 Å². The van der Waals surface area contributed by atoms with Gasteiger partial charge in [-0.15, -0.1) is 10.2 Å². The number of fused-ring (bicyclic) bond motifs is 1. The number of alkyl halides is 3. The van der Waals surface area contributed by atoms with E-state index in [1.165, 1.54) is 22.9 Å². The molecule has 0 bridgehead atoms. The molecule has 0 radical (unpaired) electrons. The maximum Gasteiger partial charge on any atom is 0.445 e. The number of rotatable bonds is 8. The number of nitrogens with one attached hydrogen (secondary N) is 1. The Morgan fingerprint density at radius 3 is 2.40 bits per heavy atom. The number of likely N-dealkylation sites (N-methyl/N-ethyl adjacent to an activating group) is 2. The Morgan fingerprint density at radius 1 is 1.14 bits per heavy atom. The van der Waals surface area contributed by atoms with E-state index in [1.54, 1.807) is 23.8 Å². The molecule has 3 aromatic rings. The van der Waals surface area contributed by atoms with Crippen LogP contribution in [0.15, 0.2) is 23.4 Å². The number of aromatic nitrogens is 4. The first-order chi connectivity index (χ1) is 19.7. The number of hydrogen-bond acceptors (Lipinski definition) is 10. The number of nitrogens with zero attached hydrogens (tertiary/aromatic N) is 8. The molecule has 2 fully saturated rings. The molecule has 0 aromatic carbocycles. The van der Waals surface area contributed by atoms with Gasteiger partial charge in [-0.2, -0.15) is 13.2 Å². The molecule has 0 saturated carbocycles. The number of amides is 2. The lowest BCUT2D eigenvalue weighted by molar-refractivity contribution is -0.138. The van der Waals surface area contributed by atoms with Crippen LogP contribution in [-0.4, -0.2) is 128 Å². The molecule has 5 rings (SSSR count). The lowest BCUT2D eigenvalue weighted by atomic mass is 10.0. The number of imidazole rings is 1. The monoisotopic (exact) mass is 631 g/mol. The Kier molecular flexibility index (Phi) is 8.12. The van der Waals surface area contributed by atoms with Crippen LogP contribution in [0.2, 0.25) is 0 Å². The topological polar surface area (TPSA) is 129 Å². The van der Waals surface area contributed by atoms with Gasteiger partial charge in [0.25, 0.3) is 0 Å². The van der Waals surface area contributed by atoms with Crippen molar-refractivity contribution in [3.63, 3.8) is 0 Å². The first kappa shape index (κ1) is 30.4. The maximum absolute atomic E-state index is 13.5. The number of carbonyl (C=O) groups is 1. The minimum atomic E-state index is -4.68. The Bertz CT molecular complexity index is 1560. The van der Waals surface area contributed by atoms with Gasteiger partial charge >= 0.3 is 12.2 Å². The van der Waals surface area contributed by atoms with Crippen LogP contribution in [0.4, 0.5) is 23.7 Å². The first-order valence-corrected chi connectivity index (χ1v) is 15.4. The summed E-state index contributed by atoms with van der Waals surface area (Å²) >= 11 is 0.324. The van der Waals surface area contributed by atoms with Crippen molar-refractivity contribution >= 4 is 38.6 Å². The van der Waals surface area contributed by atoms with Gasteiger partial charge in [0.2, 0.25) is 15.0 Å². The highest BCUT2D eigenvalue weighted by atomic mass is 32.2. The Hall–Kier alpha value is -3.06. The lowest BCUT2D eigenvalue weighted by Gasteiger charge is -2.39. The highest BCUT2D eigenvalue weighted by Crippen LogP contribution is 2.36. The van der Waals surface area contributed by atoms with E-state index in [9.17, 15) is 26.4 Å². The van der Waals surface area contributed by atoms with Gasteiger partial charge in [-0.3, -0.25) is 4.40 Å². The molecule has 3 aromatic heterocycles. The van der Waals surface area contributed by atoms with E-state index in [4.69, 9.17) is 4.74 Å². The fraction of sp³-hybridized carbons (Fsp3) is 0.583. The summed E-state index contributed by atoms with van der Waals surface area (Å²) in [5, 5.41) is 5.70. The number of ether oxygens (including phenoxy) is 1. The summed E-state index contributed by atoms with van der Waals surface area (Å²) in [7, 11) is 1.55. The zero-order valence-electron chi connectivity index (χ0n) is 23.5. The van der Waals surface area contributed by atoms with Gasteiger partial charge in [-0.05, 0) is 27.1 Å². The third kappa shape index (κ3) is 6.17.